The Labute approximate surface area is 373 Å². The van der Waals surface area contributed by atoms with Crippen LogP contribution in [0.15, 0.2) is 131 Å². The number of nitrogens with one attached hydrogen (secondary N) is 2. The van der Waals surface area contributed by atoms with Crippen LogP contribution in [0.1, 0.15) is 72.8 Å². The number of aliphatic hydroxyl groups excluding tert-OH is 5. The van der Waals surface area contributed by atoms with Crippen LogP contribution in [0.25, 0.3) is 0 Å². The zero-order valence-corrected chi connectivity index (χ0v) is 40.6. The van der Waals surface area contributed by atoms with Crippen LogP contribution in [-0.4, -0.2) is 110 Å². The normalized spacial score (nSPS) is 28.6. The number of aliphatic hydroxyl groups is 5. The van der Waals surface area contributed by atoms with Gasteiger partial charge in [0.15, 0.2) is 6.29 Å². The molecule has 7 aliphatic rings. The molecule has 1 aliphatic carbocycles. The predicted molar refractivity (Wildman–Crippen MR) is 247 cm³/mol. The van der Waals surface area contributed by atoms with Gasteiger partial charge in [-0.15, -0.1) is 0 Å². The summed E-state index contributed by atoms with van der Waals surface area (Å²) in [7, 11) is 0. The number of carbonyl (C=O) groups excluding carboxylic acids is 1. The number of fused-ring (bicyclic) bond motifs is 5. The van der Waals surface area contributed by atoms with Gasteiger partial charge in [0, 0.05) is 35.6 Å². The van der Waals surface area contributed by atoms with Crippen molar-refractivity contribution in [2.75, 3.05) is 6.61 Å². The summed E-state index contributed by atoms with van der Waals surface area (Å²) in [5.74, 6) is -0.557. The molecule has 6 aliphatic heterocycles. The second kappa shape index (κ2) is 17.6. The van der Waals surface area contributed by atoms with Gasteiger partial charge in [-0.25, -0.2) is 4.99 Å². The van der Waals surface area contributed by atoms with E-state index in [4.69, 9.17) is 24.5 Å². The number of carbonyl (C=O) groups is 1. The average molecular weight is 967 g/mol. The predicted octanol–water partition coefficient (Wildman–Crippen LogP) is 5.50. The number of rotatable bonds is 11. The molecule has 1 aromatic rings. The molecule has 2 saturated heterocycles. The van der Waals surface area contributed by atoms with E-state index in [1.807, 2.05) is 13.0 Å². The molecule has 13 nitrogen and oxygen atoms in total. The first-order chi connectivity index (χ1) is 29.9. The molecule has 0 saturated carbocycles. The number of hydrogen-bond donors (Lipinski definition) is 7. The Morgan fingerprint density at radius 2 is 1.73 bits per heavy atom. The third-order valence-electron chi connectivity index (χ3n) is 13.7. The average Bonchev–Trinajstić information content (AvgIpc) is 4.00. The molecule has 6 heterocycles. The molecule has 8 rings (SSSR count). The number of aliphatic imine (C=N–C) groups is 3. The van der Waals surface area contributed by atoms with Gasteiger partial charge in [-0.05, 0) is 31.4 Å². The molecular weight excluding hydrogens is 905 g/mol. The Morgan fingerprint density at radius 3 is 2.44 bits per heavy atom. The Balaban J connectivity index is 1.17. The van der Waals surface area contributed by atoms with Gasteiger partial charge in [0.1, 0.15) is 30.1 Å². The van der Waals surface area contributed by atoms with E-state index in [0.717, 1.165) is 85.3 Å². The van der Waals surface area contributed by atoms with E-state index < -0.39 is 61.5 Å². The van der Waals surface area contributed by atoms with Crippen molar-refractivity contribution in [2.45, 2.75) is 125 Å². The molecule has 1 aromatic carbocycles. The first-order valence-corrected chi connectivity index (χ1v) is 32.2. The number of hydrogen-bond acceptors (Lipinski definition) is 12. The Bertz CT molecular complexity index is 2490. The molecule has 2 fully saturated rings. The quantitative estimate of drug-likeness (QED) is 0.140. The van der Waals surface area contributed by atoms with Crippen LogP contribution in [0.2, 0.25) is 14.8 Å². The molecule has 0 aromatic heterocycles. The molecule has 8 atom stereocenters. The van der Waals surface area contributed by atoms with Crippen molar-refractivity contribution in [3.8, 4) is 0 Å². The third kappa shape index (κ3) is 8.46. The van der Waals surface area contributed by atoms with Crippen molar-refractivity contribution in [3.05, 3.63) is 121 Å². The molecule has 1 unspecified atom stereocenters. The fraction of sp³-hybridized carbons (Fsp3) is 0.469. The van der Waals surface area contributed by atoms with Crippen LogP contribution in [0.4, 0.5) is 0 Å². The van der Waals surface area contributed by atoms with Gasteiger partial charge in [0.25, 0.3) is 0 Å². The summed E-state index contributed by atoms with van der Waals surface area (Å²) in [5.41, 5.74) is 14.2. The fourth-order valence-corrected chi connectivity index (χ4v) is 13.3. The van der Waals surface area contributed by atoms with Crippen molar-refractivity contribution < 1.29 is 39.8 Å². The van der Waals surface area contributed by atoms with Gasteiger partial charge in [-0.2, -0.15) is 0 Å². The second-order valence-corrected chi connectivity index (χ2v) is 33.3. The van der Waals surface area contributed by atoms with Crippen molar-refractivity contribution in [1.29, 1.82) is 0 Å². The SMILES string of the molecule is CCC1=C(C)C2=NC1=CC1=C(C)C3=C(O)CC(=C4NC(=CC5=NC(=C2)C(C(C)OCc2ccc[c]([Sn]([CH3])([CH3])[CH3])c2)=C5C)[C@@H](C)[C@@H]4CCC(=O)N[C@@H]2[C@@H](O)[C@H](O)[C@@H](CO)O[C@H]2O)C3=N1. The number of ether oxygens (including phenoxy) is 2. The van der Waals surface area contributed by atoms with E-state index >= 15 is 0 Å². The van der Waals surface area contributed by atoms with Gasteiger partial charge < -0.3 is 35.6 Å². The molecule has 8 bridgehead atoms. The maximum atomic E-state index is 13.6. The summed E-state index contributed by atoms with van der Waals surface area (Å²) >= 11 is -2.30. The Hall–Kier alpha value is -4.22. The number of benzene rings is 1. The van der Waals surface area contributed by atoms with Crippen molar-refractivity contribution in [3.63, 3.8) is 0 Å². The Morgan fingerprint density at radius 1 is 1.00 bits per heavy atom. The first-order valence-electron chi connectivity index (χ1n) is 22.2. The van der Waals surface area contributed by atoms with Crippen molar-refractivity contribution in [2.24, 2.45) is 26.8 Å². The standard InChI is InChI=1S/C46H52N5O8.3CH3.Sn/c1-7-27-21(2)30-18-35-39(25(6)58-20-26-11-9-8-10-12-26)23(4)32(48-35)16-31-22(3)28(13-14-38(54)51-43-45(56)44(55)37(19-52)59-46(43)57)41(49-31)29-15-36(53)40-24(5)33(50-42(29)40)17-34(27)47-30;;;;/h8-9,11-12,16-18,22,25,28,37,43-46,49,52-53,55-57H,7,13-15,19-20H2,1-6H3,(H,51,54);3*1H3;/t22-,25?,28-,37+,43+,44+,45+,46+;;;;/m0..../s1. The van der Waals surface area contributed by atoms with Gasteiger partial charge >= 0.3 is 189 Å². The fourth-order valence-electron chi connectivity index (χ4n) is 9.87. The van der Waals surface area contributed by atoms with Gasteiger partial charge in [-0.1, -0.05) is 13.8 Å². The minimum absolute atomic E-state index is 0.0168. The summed E-state index contributed by atoms with van der Waals surface area (Å²) in [5, 5.41) is 59.1. The van der Waals surface area contributed by atoms with Crippen molar-refractivity contribution >= 4 is 45.0 Å². The summed E-state index contributed by atoms with van der Waals surface area (Å²) < 4.78 is 13.4. The molecule has 334 valence electrons. The van der Waals surface area contributed by atoms with E-state index in [1.54, 1.807) is 0 Å². The van der Waals surface area contributed by atoms with E-state index in [2.05, 4.69) is 96.5 Å². The van der Waals surface area contributed by atoms with Crippen LogP contribution in [-0.2, 0) is 20.9 Å². The number of amides is 1. The molecule has 63 heavy (non-hydrogen) atoms. The van der Waals surface area contributed by atoms with E-state index in [1.165, 1.54) is 3.58 Å². The monoisotopic (exact) mass is 967 g/mol. The van der Waals surface area contributed by atoms with E-state index in [9.17, 15) is 30.3 Å². The molecule has 0 radical (unpaired) electrons. The smallest absolute Gasteiger partial charge is 0.394 e. The number of nitrogens with zero attached hydrogens (tertiary/aromatic N) is 3. The van der Waals surface area contributed by atoms with E-state index in [-0.39, 0.29) is 36.5 Å². The summed E-state index contributed by atoms with van der Waals surface area (Å²) in [6.45, 7) is 12.4. The summed E-state index contributed by atoms with van der Waals surface area (Å²) in [4.78, 5) is 36.5. The summed E-state index contributed by atoms with van der Waals surface area (Å²) in [6.07, 6.45) is 1.47. The molecular formula is C49H61N5O8Sn. The van der Waals surface area contributed by atoms with Gasteiger partial charge in [-0.3, -0.25) is 4.79 Å². The zero-order chi connectivity index (χ0) is 45.2. The molecule has 1 amide bonds. The third-order valence-corrected chi connectivity index (χ3v) is 19.5. The Kier molecular flexibility index (Phi) is 12.7. The van der Waals surface area contributed by atoms with Gasteiger partial charge in [0.2, 0.25) is 5.91 Å². The van der Waals surface area contributed by atoms with Crippen LogP contribution in [0, 0.1) is 11.8 Å². The topological polar surface area (TPSA) is 198 Å². The second-order valence-electron chi connectivity index (χ2n) is 18.8. The summed E-state index contributed by atoms with van der Waals surface area (Å²) in [6, 6.07) is 7.53. The van der Waals surface area contributed by atoms with E-state index in [0.29, 0.717) is 24.3 Å². The van der Waals surface area contributed by atoms with Crippen LogP contribution in [0.3, 0.4) is 0 Å². The molecule has 0 spiro atoms. The molecule has 14 heteroatoms. The first kappa shape index (κ1) is 45.4. The van der Waals surface area contributed by atoms with Crippen molar-refractivity contribution in [1.82, 2.24) is 10.6 Å². The number of allylic oxidation sites excluding steroid dienone is 11. The van der Waals surface area contributed by atoms with Gasteiger partial charge in [0.05, 0.1) is 18.0 Å². The van der Waals surface area contributed by atoms with Crippen LogP contribution < -0.4 is 14.2 Å². The maximum absolute atomic E-state index is 13.6. The van der Waals surface area contributed by atoms with Crippen LogP contribution >= 0.6 is 0 Å². The minimum atomic E-state index is -2.30. The van der Waals surface area contributed by atoms with Crippen LogP contribution in [0.5, 0.6) is 0 Å². The zero-order valence-electron chi connectivity index (χ0n) is 37.7. The molecule has 7 N–H and O–H groups in total. The minimum Gasteiger partial charge on any atom is -0.394 e.